The minimum atomic E-state index is -0.166. The number of ether oxygens (including phenoxy) is 1. The largest absolute Gasteiger partial charge is 0.397 e. The molecule has 1 unspecified atom stereocenters. The Morgan fingerprint density at radius 3 is 3.16 bits per heavy atom. The lowest BCUT2D eigenvalue weighted by molar-refractivity contribution is -0.0264. The van der Waals surface area contributed by atoms with Gasteiger partial charge < -0.3 is 19.9 Å². The molecule has 2 aromatic heterocycles. The fourth-order valence-corrected chi connectivity index (χ4v) is 1.99. The molecule has 100 valence electrons. The lowest BCUT2D eigenvalue weighted by atomic mass is 10.2. The van der Waals surface area contributed by atoms with E-state index in [0.717, 1.165) is 13.1 Å². The molecule has 7 nitrogen and oxygen atoms in total. The Kier molecular flexibility index (Phi) is 3.14. The first-order valence-corrected chi connectivity index (χ1v) is 6.08. The zero-order valence-corrected chi connectivity index (χ0v) is 10.6. The highest BCUT2D eigenvalue weighted by atomic mass is 16.5. The number of nitrogens with zero attached hydrogens (tertiary/aromatic N) is 4. The van der Waals surface area contributed by atoms with Crippen LogP contribution in [0.4, 0.5) is 5.69 Å². The zero-order chi connectivity index (χ0) is 13.2. The van der Waals surface area contributed by atoms with Crippen molar-refractivity contribution >= 4 is 5.69 Å². The van der Waals surface area contributed by atoms with Gasteiger partial charge in [0, 0.05) is 19.3 Å². The molecule has 0 aromatic carbocycles. The molecule has 0 aliphatic carbocycles. The number of aromatic nitrogens is 3. The van der Waals surface area contributed by atoms with Gasteiger partial charge in [-0.25, -0.2) is 4.98 Å². The molecule has 0 radical (unpaired) electrons. The number of likely N-dealkylation sites (N-methyl/N-ethyl adjacent to an activating group) is 1. The summed E-state index contributed by atoms with van der Waals surface area (Å²) in [6.07, 6.45) is 1.47. The Labute approximate surface area is 110 Å². The van der Waals surface area contributed by atoms with E-state index in [1.54, 1.807) is 18.3 Å². The van der Waals surface area contributed by atoms with Gasteiger partial charge in [-0.05, 0) is 19.2 Å². The van der Waals surface area contributed by atoms with Crippen molar-refractivity contribution in [1.29, 1.82) is 0 Å². The molecule has 3 rings (SSSR count). The molecule has 1 saturated heterocycles. The number of anilines is 1. The van der Waals surface area contributed by atoms with Crippen LogP contribution in [-0.4, -0.2) is 46.8 Å². The van der Waals surface area contributed by atoms with Crippen LogP contribution in [0.1, 0.15) is 11.9 Å². The van der Waals surface area contributed by atoms with Crippen molar-refractivity contribution in [2.45, 2.75) is 6.10 Å². The quantitative estimate of drug-likeness (QED) is 0.851. The number of morpholine rings is 1. The number of nitrogen functional groups attached to an aromatic ring is 1. The Bertz CT molecular complexity index is 571. The van der Waals surface area contributed by atoms with Gasteiger partial charge in [-0.15, -0.1) is 0 Å². The van der Waals surface area contributed by atoms with Crippen LogP contribution in [-0.2, 0) is 4.74 Å². The van der Waals surface area contributed by atoms with Gasteiger partial charge in [-0.3, -0.25) is 0 Å². The maximum absolute atomic E-state index is 5.83. The van der Waals surface area contributed by atoms with Crippen molar-refractivity contribution in [3.8, 4) is 11.6 Å². The van der Waals surface area contributed by atoms with Gasteiger partial charge in [0.25, 0.3) is 5.89 Å². The van der Waals surface area contributed by atoms with Gasteiger partial charge in [-0.2, -0.15) is 4.98 Å². The minimum absolute atomic E-state index is 0.166. The molecule has 0 saturated carbocycles. The smallest absolute Gasteiger partial charge is 0.278 e. The van der Waals surface area contributed by atoms with E-state index in [1.165, 1.54) is 0 Å². The zero-order valence-electron chi connectivity index (χ0n) is 10.6. The van der Waals surface area contributed by atoms with Gasteiger partial charge >= 0.3 is 0 Å². The average molecular weight is 261 g/mol. The minimum Gasteiger partial charge on any atom is -0.397 e. The Morgan fingerprint density at radius 1 is 1.47 bits per heavy atom. The lowest BCUT2D eigenvalue weighted by Gasteiger charge is -2.27. The summed E-state index contributed by atoms with van der Waals surface area (Å²) in [5, 5.41) is 3.96. The SMILES string of the molecule is CN1CCOC(c2noc(-c3ncccc3N)n2)C1. The van der Waals surface area contributed by atoms with E-state index in [0.29, 0.717) is 29.7 Å². The molecule has 0 spiro atoms. The van der Waals surface area contributed by atoms with Crippen LogP contribution in [0.25, 0.3) is 11.6 Å². The van der Waals surface area contributed by atoms with E-state index < -0.39 is 0 Å². The molecule has 0 bridgehead atoms. The van der Waals surface area contributed by atoms with Crippen LogP contribution in [0.5, 0.6) is 0 Å². The summed E-state index contributed by atoms with van der Waals surface area (Å²) in [6.45, 7) is 2.32. The second kappa shape index (κ2) is 4.94. The summed E-state index contributed by atoms with van der Waals surface area (Å²) in [5.74, 6) is 0.858. The van der Waals surface area contributed by atoms with E-state index in [1.807, 2.05) is 7.05 Å². The number of hydrogen-bond acceptors (Lipinski definition) is 7. The second-order valence-corrected chi connectivity index (χ2v) is 4.52. The van der Waals surface area contributed by atoms with Crippen molar-refractivity contribution in [3.63, 3.8) is 0 Å². The standard InChI is InChI=1S/C12H15N5O2/c1-17-5-6-18-9(7-17)11-15-12(19-16-11)10-8(13)3-2-4-14-10/h2-4,9H,5-7,13H2,1H3. The van der Waals surface area contributed by atoms with E-state index in [9.17, 15) is 0 Å². The van der Waals surface area contributed by atoms with Crippen LogP contribution in [0, 0.1) is 0 Å². The van der Waals surface area contributed by atoms with Crippen molar-refractivity contribution in [1.82, 2.24) is 20.0 Å². The van der Waals surface area contributed by atoms with Gasteiger partial charge in [0.05, 0.1) is 12.3 Å². The molecule has 0 amide bonds. The first kappa shape index (κ1) is 12.1. The number of rotatable bonds is 2. The topological polar surface area (TPSA) is 90.3 Å². The first-order valence-electron chi connectivity index (χ1n) is 6.08. The van der Waals surface area contributed by atoms with Crippen molar-refractivity contribution in [2.24, 2.45) is 0 Å². The average Bonchev–Trinajstić information content (AvgIpc) is 2.89. The summed E-state index contributed by atoms with van der Waals surface area (Å²) in [5.41, 5.74) is 6.85. The first-order chi connectivity index (χ1) is 9.24. The molecule has 1 aliphatic heterocycles. The molecule has 7 heteroatoms. The molecule has 19 heavy (non-hydrogen) atoms. The predicted octanol–water partition coefficient (Wildman–Crippen LogP) is 0.717. The van der Waals surface area contributed by atoms with E-state index >= 15 is 0 Å². The number of nitrogens with two attached hydrogens (primary N) is 1. The number of pyridine rings is 1. The third kappa shape index (κ3) is 2.42. The van der Waals surface area contributed by atoms with E-state index in [4.69, 9.17) is 15.0 Å². The summed E-state index contributed by atoms with van der Waals surface area (Å²) in [6, 6.07) is 3.51. The molecule has 3 heterocycles. The van der Waals surface area contributed by atoms with Gasteiger partial charge in [0.1, 0.15) is 6.10 Å². The van der Waals surface area contributed by atoms with Crippen LogP contribution >= 0.6 is 0 Å². The third-order valence-corrected chi connectivity index (χ3v) is 3.04. The fraction of sp³-hybridized carbons (Fsp3) is 0.417. The maximum Gasteiger partial charge on any atom is 0.278 e. The van der Waals surface area contributed by atoms with Crippen molar-refractivity contribution in [2.75, 3.05) is 32.5 Å². The molecule has 2 N–H and O–H groups in total. The van der Waals surface area contributed by atoms with Crippen LogP contribution < -0.4 is 5.73 Å². The summed E-state index contributed by atoms with van der Waals surface area (Å²) >= 11 is 0. The maximum atomic E-state index is 5.83. The Hall–Kier alpha value is -1.99. The molecule has 1 fully saturated rings. The predicted molar refractivity (Wildman–Crippen MR) is 68.1 cm³/mol. The molecular weight excluding hydrogens is 246 g/mol. The lowest BCUT2D eigenvalue weighted by Crippen LogP contribution is -2.35. The Balaban J connectivity index is 1.85. The monoisotopic (exact) mass is 261 g/mol. The Morgan fingerprint density at radius 2 is 2.37 bits per heavy atom. The van der Waals surface area contributed by atoms with Crippen LogP contribution in [0.3, 0.4) is 0 Å². The highest BCUT2D eigenvalue weighted by Gasteiger charge is 2.25. The summed E-state index contributed by atoms with van der Waals surface area (Å²) in [7, 11) is 2.03. The van der Waals surface area contributed by atoms with E-state index in [-0.39, 0.29) is 6.10 Å². The molecule has 1 atom stereocenters. The highest BCUT2D eigenvalue weighted by molar-refractivity contribution is 5.65. The number of hydrogen-bond donors (Lipinski definition) is 1. The molecule has 1 aliphatic rings. The summed E-state index contributed by atoms with van der Waals surface area (Å²) < 4.78 is 10.9. The normalized spacial score (nSPS) is 20.6. The van der Waals surface area contributed by atoms with Gasteiger partial charge in [0.2, 0.25) is 5.82 Å². The highest BCUT2D eigenvalue weighted by Crippen LogP contribution is 2.24. The van der Waals surface area contributed by atoms with Gasteiger partial charge in [0.15, 0.2) is 5.69 Å². The van der Waals surface area contributed by atoms with Crippen molar-refractivity contribution in [3.05, 3.63) is 24.2 Å². The second-order valence-electron chi connectivity index (χ2n) is 4.52. The molecule has 2 aromatic rings. The summed E-state index contributed by atoms with van der Waals surface area (Å²) in [4.78, 5) is 10.6. The van der Waals surface area contributed by atoms with Gasteiger partial charge in [-0.1, -0.05) is 5.16 Å². The van der Waals surface area contributed by atoms with Crippen LogP contribution in [0.2, 0.25) is 0 Å². The van der Waals surface area contributed by atoms with Crippen LogP contribution in [0.15, 0.2) is 22.9 Å². The fourth-order valence-electron chi connectivity index (χ4n) is 1.99. The van der Waals surface area contributed by atoms with Crippen molar-refractivity contribution < 1.29 is 9.26 Å². The third-order valence-electron chi connectivity index (χ3n) is 3.04. The molecular formula is C12H15N5O2. The van der Waals surface area contributed by atoms with E-state index in [2.05, 4.69) is 20.0 Å².